The molecule has 1 aliphatic heterocycles. The second-order valence-electron chi connectivity index (χ2n) is 5.77. The van der Waals surface area contributed by atoms with Crippen LogP contribution in [0.4, 0.5) is 5.69 Å². The lowest BCUT2D eigenvalue weighted by Gasteiger charge is -2.38. The third kappa shape index (κ3) is 3.87. The first-order valence-corrected chi connectivity index (χ1v) is 7.90. The molecule has 0 spiro atoms. The van der Waals surface area contributed by atoms with Gasteiger partial charge in [0.25, 0.3) is 0 Å². The van der Waals surface area contributed by atoms with Crippen LogP contribution in [0.3, 0.4) is 0 Å². The van der Waals surface area contributed by atoms with Crippen molar-refractivity contribution in [1.82, 2.24) is 10.2 Å². The fourth-order valence-corrected chi connectivity index (χ4v) is 3.10. The summed E-state index contributed by atoms with van der Waals surface area (Å²) >= 11 is 6.49. The van der Waals surface area contributed by atoms with Gasteiger partial charge in [-0.05, 0) is 51.2 Å². The van der Waals surface area contributed by atoms with Gasteiger partial charge in [-0.1, -0.05) is 24.6 Å². The Morgan fingerprint density at radius 2 is 2.20 bits per heavy atom. The first-order chi connectivity index (χ1) is 9.61. The molecule has 0 bridgehead atoms. The molecule has 1 atom stereocenters. The van der Waals surface area contributed by atoms with Gasteiger partial charge in [0.1, 0.15) is 0 Å². The molecule has 1 aromatic rings. The summed E-state index contributed by atoms with van der Waals surface area (Å²) in [4.78, 5) is 4.74. The molecule has 2 rings (SSSR count). The molecule has 1 aliphatic rings. The molecule has 4 heteroatoms. The van der Waals surface area contributed by atoms with Crippen molar-refractivity contribution in [1.29, 1.82) is 0 Å². The third-order valence-corrected chi connectivity index (χ3v) is 4.36. The molecule has 0 aromatic heterocycles. The SMILES string of the molecule is CCNCc1ccc(N2CCCC(N(C)C)C2)c(Cl)c1. The van der Waals surface area contributed by atoms with Gasteiger partial charge in [0.05, 0.1) is 10.7 Å². The molecule has 1 N–H and O–H groups in total. The lowest BCUT2D eigenvalue weighted by Crippen LogP contribution is -2.45. The van der Waals surface area contributed by atoms with Crippen molar-refractivity contribution in [2.75, 3.05) is 38.6 Å². The van der Waals surface area contributed by atoms with E-state index < -0.39 is 0 Å². The van der Waals surface area contributed by atoms with Crippen LogP contribution in [0.25, 0.3) is 0 Å². The van der Waals surface area contributed by atoms with Gasteiger partial charge >= 0.3 is 0 Å². The number of nitrogens with zero attached hydrogens (tertiary/aromatic N) is 2. The zero-order chi connectivity index (χ0) is 14.5. The van der Waals surface area contributed by atoms with E-state index in [0.717, 1.165) is 31.2 Å². The summed E-state index contributed by atoms with van der Waals surface area (Å²) in [5, 5.41) is 4.21. The fourth-order valence-electron chi connectivity index (χ4n) is 2.78. The number of hydrogen-bond donors (Lipinski definition) is 1. The molecule has 20 heavy (non-hydrogen) atoms. The Hall–Kier alpha value is -0.770. The summed E-state index contributed by atoms with van der Waals surface area (Å²) in [6.07, 6.45) is 2.51. The number of likely N-dealkylation sites (N-methyl/N-ethyl adjacent to an activating group) is 1. The lowest BCUT2D eigenvalue weighted by molar-refractivity contribution is 0.258. The number of piperidine rings is 1. The highest BCUT2D eigenvalue weighted by Crippen LogP contribution is 2.29. The van der Waals surface area contributed by atoms with Crippen molar-refractivity contribution in [3.05, 3.63) is 28.8 Å². The quantitative estimate of drug-likeness (QED) is 0.901. The van der Waals surface area contributed by atoms with Crippen LogP contribution in [0, 0.1) is 0 Å². The van der Waals surface area contributed by atoms with Crippen LogP contribution in [0.15, 0.2) is 18.2 Å². The minimum Gasteiger partial charge on any atom is -0.369 e. The van der Waals surface area contributed by atoms with Crippen LogP contribution < -0.4 is 10.2 Å². The first-order valence-electron chi connectivity index (χ1n) is 7.52. The molecule has 0 amide bonds. The number of nitrogens with one attached hydrogen (secondary N) is 1. The normalized spacial score (nSPS) is 19.6. The highest BCUT2D eigenvalue weighted by Gasteiger charge is 2.22. The molecule has 1 unspecified atom stereocenters. The van der Waals surface area contributed by atoms with Crippen LogP contribution in [0.2, 0.25) is 5.02 Å². The van der Waals surface area contributed by atoms with Gasteiger partial charge in [0.15, 0.2) is 0 Å². The molecular weight excluding hydrogens is 270 g/mol. The van der Waals surface area contributed by atoms with Gasteiger partial charge < -0.3 is 15.1 Å². The molecule has 1 saturated heterocycles. The summed E-state index contributed by atoms with van der Waals surface area (Å²) in [5.74, 6) is 0. The van der Waals surface area contributed by atoms with Crippen LogP contribution in [-0.4, -0.2) is 44.7 Å². The van der Waals surface area contributed by atoms with Crippen molar-refractivity contribution < 1.29 is 0 Å². The summed E-state index contributed by atoms with van der Waals surface area (Å²) < 4.78 is 0. The van der Waals surface area contributed by atoms with Crippen LogP contribution >= 0.6 is 11.6 Å². The predicted octanol–water partition coefficient (Wildman–Crippen LogP) is 2.98. The van der Waals surface area contributed by atoms with E-state index in [-0.39, 0.29) is 0 Å². The Kier molecular flexibility index (Phi) is 5.70. The van der Waals surface area contributed by atoms with Gasteiger partial charge in [-0.2, -0.15) is 0 Å². The van der Waals surface area contributed by atoms with Crippen molar-refractivity contribution in [2.45, 2.75) is 32.4 Å². The van der Waals surface area contributed by atoms with Crippen molar-refractivity contribution in [3.8, 4) is 0 Å². The van der Waals surface area contributed by atoms with Gasteiger partial charge in [-0.15, -0.1) is 0 Å². The molecule has 1 aromatic carbocycles. The van der Waals surface area contributed by atoms with Crippen molar-refractivity contribution >= 4 is 17.3 Å². The average molecular weight is 296 g/mol. The number of rotatable bonds is 5. The Balaban J connectivity index is 2.08. The molecular formula is C16H26ClN3. The Morgan fingerprint density at radius 1 is 1.40 bits per heavy atom. The Bertz CT molecular complexity index is 434. The van der Waals surface area contributed by atoms with E-state index in [4.69, 9.17) is 11.6 Å². The van der Waals surface area contributed by atoms with Gasteiger partial charge in [-0.3, -0.25) is 0 Å². The lowest BCUT2D eigenvalue weighted by atomic mass is 10.0. The minimum atomic E-state index is 0.626. The van der Waals surface area contributed by atoms with Crippen molar-refractivity contribution in [2.24, 2.45) is 0 Å². The van der Waals surface area contributed by atoms with E-state index in [1.165, 1.54) is 24.1 Å². The number of benzene rings is 1. The molecule has 112 valence electrons. The maximum Gasteiger partial charge on any atom is 0.0642 e. The maximum absolute atomic E-state index is 6.49. The first kappa shape index (κ1) is 15.6. The summed E-state index contributed by atoms with van der Waals surface area (Å²) in [6.45, 7) is 6.16. The standard InChI is InChI=1S/C16H26ClN3/c1-4-18-11-13-7-8-16(15(17)10-13)20-9-5-6-14(12-20)19(2)3/h7-8,10,14,18H,4-6,9,11-12H2,1-3H3. The topological polar surface area (TPSA) is 18.5 Å². The highest BCUT2D eigenvalue weighted by molar-refractivity contribution is 6.33. The molecule has 0 radical (unpaired) electrons. The molecule has 0 saturated carbocycles. The zero-order valence-corrected chi connectivity index (χ0v) is 13.6. The van der Waals surface area contributed by atoms with Gasteiger partial charge in [-0.25, -0.2) is 0 Å². The number of halogens is 1. The van der Waals surface area contributed by atoms with E-state index in [0.29, 0.717) is 6.04 Å². The second-order valence-corrected chi connectivity index (χ2v) is 6.18. The average Bonchev–Trinajstić information content (AvgIpc) is 2.45. The fraction of sp³-hybridized carbons (Fsp3) is 0.625. The van der Waals surface area contributed by atoms with Gasteiger partial charge in [0, 0.05) is 25.7 Å². The maximum atomic E-state index is 6.49. The van der Waals surface area contributed by atoms with E-state index >= 15 is 0 Å². The van der Waals surface area contributed by atoms with E-state index in [1.807, 2.05) is 0 Å². The van der Waals surface area contributed by atoms with Crippen LogP contribution in [0.1, 0.15) is 25.3 Å². The number of anilines is 1. The smallest absolute Gasteiger partial charge is 0.0642 e. The molecule has 0 aliphatic carbocycles. The third-order valence-electron chi connectivity index (χ3n) is 4.06. The molecule has 1 fully saturated rings. The van der Waals surface area contributed by atoms with E-state index in [2.05, 4.69) is 54.3 Å². The van der Waals surface area contributed by atoms with E-state index in [1.54, 1.807) is 0 Å². The monoisotopic (exact) mass is 295 g/mol. The van der Waals surface area contributed by atoms with Gasteiger partial charge in [0.2, 0.25) is 0 Å². The van der Waals surface area contributed by atoms with Crippen molar-refractivity contribution in [3.63, 3.8) is 0 Å². The largest absolute Gasteiger partial charge is 0.369 e. The zero-order valence-electron chi connectivity index (χ0n) is 12.8. The summed E-state index contributed by atoms with van der Waals surface area (Å²) in [7, 11) is 4.32. The van der Waals surface area contributed by atoms with Crippen LogP contribution in [0.5, 0.6) is 0 Å². The second kappa shape index (κ2) is 7.30. The molecule has 1 heterocycles. The Morgan fingerprint density at radius 3 is 2.85 bits per heavy atom. The minimum absolute atomic E-state index is 0.626. The van der Waals surface area contributed by atoms with E-state index in [9.17, 15) is 0 Å². The summed E-state index contributed by atoms with van der Waals surface area (Å²) in [6, 6.07) is 7.08. The summed E-state index contributed by atoms with van der Waals surface area (Å²) in [5.41, 5.74) is 2.43. The van der Waals surface area contributed by atoms with Crippen LogP contribution in [-0.2, 0) is 6.54 Å². The Labute approximate surface area is 127 Å². The number of hydrogen-bond acceptors (Lipinski definition) is 3. The highest BCUT2D eigenvalue weighted by atomic mass is 35.5. The predicted molar refractivity (Wildman–Crippen MR) is 87.8 cm³/mol. The molecule has 3 nitrogen and oxygen atoms in total.